The van der Waals surface area contributed by atoms with E-state index >= 15 is 0 Å². The summed E-state index contributed by atoms with van der Waals surface area (Å²) in [6.45, 7) is 4.72. The molecule has 1 aromatic rings. The number of ether oxygens (including phenoxy) is 1. The van der Waals surface area contributed by atoms with Crippen LogP contribution in [0.5, 0.6) is 5.75 Å². The van der Waals surface area contributed by atoms with Crippen LogP contribution in [-0.2, 0) is 4.79 Å². The third-order valence-corrected chi connectivity index (χ3v) is 3.00. The summed E-state index contributed by atoms with van der Waals surface area (Å²) in [5, 5.41) is 0. The first-order chi connectivity index (χ1) is 8.58. The van der Waals surface area contributed by atoms with Crippen molar-refractivity contribution in [3.05, 3.63) is 24.3 Å². The van der Waals surface area contributed by atoms with Crippen molar-refractivity contribution in [2.24, 2.45) is 5.73 Å². The van der Waals surface area contributed by atoms with Gasteiger partial charge in [0.25, 0.3) is 0 Å². The van der Waals surface area contributed by atoms with Crippen LogP contribution in [0.25, 0.3) is 0 Å². The van der Waals surface area contributed by atoms with E-state index in [9.17, 15) is 4.79 Å². The lowest BCUT2D eigenvalue weighted by atomic mass is 10.0. The molecule has 4 heteroatoms. The number of hydrogen-bond acceptors (Lipinski definition) is 3. The Labute approximate surface area is 108 Å². The Morgan fingerprint density at radius 3 is 2.61 bits per heavy atom. The van der Waals surface area contributed by atoms with Gasteiger partial charge >= 0.3 is 0 Å². The molecule has 0 aliphatic carbocycles. The standard InChI is InChI=1S/C14H20N2O2/c1-10(2)18-12-7-5-11(6-8-12)16-9-3-4-13(15)14(16)17/h5-8,10,13H,3-4,9,15H2,1-2H3. The van der Waals surface area contributed by atoms with Crippen LogP contribution in [-0.4, -0.2) is 24.6 Å². The first-order valence-corrected chi connectivity index (χ1v) is 6.41. The second kappa shape index (κ2) is 5.40. The maximum atomic E-state index is 12.0. The molecule has 0 aromatic heterocycles. The monoisotopic (exact) mass is 248 g/mol. The van der Waals surface area contributed by atoms with E-state index in [0.29, 0.717) is 0 Å². The highest BCUT2D eigenvalue weighted by molar-refractivity contribution is 5.97. The third kappa shape index (κ3) is 2.82. The molecule has 0 radical (unpaired) electrons. The van der Waals surface area contributed by atoms with Crippen LogP contribution in [0.3, 0.4) is 0 Å². The predicted octanol–water partition coefficient (Wildman–Crippen LogP) is 1.93. The Kier molecular flexibility index (Phi) is 3.87. The first-order valence-electron chi connectivity index (χ1n) is 6.41. The molecule has 1 atom stereocenters. The SMILES string of the molecule is CC(C)Oc1ccc(N2CCCC(N)C2=O)cc1. The first kappa shape index (κ1) is 12.9. The van der Waals surface area contributed by atoms with Gasteiger partial charge in [-0.15, -0.1) is 0 Å². The molecular weight excluding hydrogens is 228 g/mol. The van der Waals surface area contributed by atoms with Gasteiger partial charge in [0.1, 0.15) is 5.75 Å². The van der Waals surface area contributed by atoms with Crippen molar-refractivity contribution in [3.63, 3.8) is 0 Å². The second-order valence-electron chi connectivity index (χ2n) is 4.90. The highest BCUT2D eigenvalue weighted by Crippen LogP contribution is 2.23. The minimum absolute atomic E-state index is 0.0128. The summed E-state index contributed by atoms with van der Waals surface area (Å²) < 4.78 is 5.58. The molecule has 18 heavy (non-hydrogen) atoms. The molecule has 1 aliphatic heterocycles. The summed E-state index contributed by atoms with van der Waals surface area (Å²) >= 11 is 0. The summed E-state index contributed by atoms with van der Waals surface area (Å²) in [6, 6.07) is 7.25. The quantitative estimate of drug-likeness (QED) is 0.889. The number of nitrogens with zero attached hydrogens (tertiary/aromatic N) is 1. The van der Waals surface area contributed by atoms with Crippen molar-refractivity contribution in [3.8, 4) is 5.75 Å². The molecule has 2 rings (SSSR count). The number of carbonyl (C=O) groups excluding carboxylic acids is 1. The van der Waals surface area contributed by atoms with Crippen molar-refractivity contribution < 1.29 is 9.53 Å². The van der Waals surface area contributed by atoms with E-state index < -0.39 is 0 Å². The van der Waals surface area contributed by atoms with Crippen LogP contribution in [0.4, 0.5) is 5.69 Å². The molecule has 1 heterocycles. The van der Waals surface area contributed by atoms with Gasteiger partial charge in [-0.3, -0.25) is 4.79 Å². The van der Waals surface area contributed by atoms with Gasteiger partial charge in [-0.2, -0.15) is 0 Å². The maximum absolute atomic E-state index is 12.0. The summed E-state index contributed by atoms with van der Waals surface area (Å²) in [6.07, 6.45) is 1.89. The minimum atomic E-state index is -0.356. The van der Waals surface area contributed by atoms with E-state index in [0.717, 1.165) is 30.8 Å². The van der Waals surface area contributed by atoms with Crippen molar-refractivity contribution in [2.45, 2.75) is 38.8 Å². The van der Waals surface area contributed by atoms with Gasteiger partial charge in [-0.1, -0.05) is 0 Å². The third-order valence-electron chi connectivity index (χ3n) is 3.00. The molecule has 4 nitrogen and oxygen atoms in total. The van der Waals surface area contributed by atoms with Crippen LogP contribution < -0.4 is 15.4 Å². The number of amides is 1. The van der Waals surface area contributed by atoms with E-state index in [1.165, 1.54) is 0 Å². The molecule has 1 aromatic carbocycles. The number of benzene rings is 1. The molecule has 0 bridgehead atoms. The van der Waals surface area contributed by atoms with E-state index in [4.69, 9.17) is 10.5 Å². The lowest BCUT2D eigenvalue weighted by Gasteiger charge is -2.30. The van der Waals surface area contributed by atoms with Gasteiger partial charge in [-0.25, -0.2) is 0 Å². The molecule has 0 saturated carbocycles. The van der Waals surface area contributed by atoms with Crippen molar-refractivity contribution in [1.29, 1.82) is 0 Å². The number of hydrogen-bond donors (Lipinski definition) is 1. The van der Waals surface area contributed by atoms with Gasteiger partial charge in [0.05, 0.1) is 12.1 Å². The average molecular weight is 248 g/mol. The number of anilines is 1. The summed E-state index contributed by atoms with van der Waals surface area (Å²) in [5.74, 6) is 0.835. The van der Waals surface area contributed by atoms with Crippen LogP contribution in [0.15, 0.2) is 24.3 Å². The van der Waals surface area contributed by atoms with Crippen LogP contribution in [0.2, 0.25) is 0 Å². The fourth-order valence-corrected chi connectivity index (χ4v) is 2.14. The molecular formula is C14H20N2O2. The normalized spacial score (nSPS) is 20.3. The van der Waals surface area contributed by atoms with Gasteiger partial charge < -0.3 is 15.4 Å². The molecule has 98 valence electrons. The molecule has 1 fully saturated rings. The molecule has 1 unspecified atom stereocenters. The lowest BCUT2D eigenvalue weighted by molar-refractivity contribution is -0.120. The Bertz CT molecular complexity index is 414. The van der Waals surface area contributed by atoms with Gasteiger partial charge in [0, 0.05) is 12.2 Å². The van der Waals surface area contributed by atoms with E-state index in [1.54, 1.807) is 4.90 Å². The number of rotatable bonds is 3. The molecule has 1 amide bonds. The maximum Gasteiger partial charge on any atom is 0.243 e. The second-order valence-corrected chi connectivity index (χ2v) is 4.90. The van der Waals surface area contributed by atoms with Gasteiger partial charge in [0.15, 0.2) is 0 Å². The van der Waals surface area contributed by atoms with Gasteiger partial charge in [0.2, 0.25) is 5.91 Å². The summed E-state index contributed by atoms with van der Waals surface area (Å²) in [7, 11) is 0. The highest BCUT2D eigenvalue weighted by atomic mass is 16.5. The van der Waals surface area contributed by atoms with E-state index in [-0.39, 0.29) is 18.1 Å². The van der Waals surface area contributed by atoms with Crippen LogP contribution in [0, 0.1) is 0 Å². The number of nitrogens with two attached hydrogens (primary N) is 1. The van der Waals surface area contributed by atoms with E-state index in [2.05, 4.69) is 0 Å². The predicted molar refractivity (Wildman–Crippen MR) is 71.8 cm³/mol. The summed E-state index contributed by atoms with van der Waals surface area (Å²) in [4.78, 5) is 13.7. The smallest absolute Gasteiger partial charge is 0.243 e. The number of carbonyl (C=O) groups is 1. The topological polar surface area (TPSA) is 55.6 Å². The molecule has 0 spiro atoms. The van der Waals surface area contributed by atoms with Gasteiger partial charge in [-0.05, 0) is 51.0 Å². The van der Waals surface area contributed by atoms with Crippen molar-refractivity contribution >= 4 is 11.6 Å². The zero-order valence-corrected chi connectivity index (χ0v) is 10.9. The zero-order valence-electron chi connectivity index (χ0n) is 10.9. The summed E-state index contributed by atoms with van der Waals surface area (Å²) in [5.41, 5.74) is 6.68. The Morgan fingerprint density at radius 2 is 2.00 bits per heavy atom. The largest absolute Gasteiger partial charge is 0.491 e. The Morgan fingerprint density at radius 1 is 1.33 bits per heavy atom. The fraction of sp³-hybridized carbons (Fsp3) is 0.500. The minimum Gasteiger partial charge on any atom is -0.491 e. The Balaban J connectivity index is 2.11. The zero-order chi connectivity index (χ0) is 13.1. The van der Waals surface area contributed by atoms with E-state index in [1.807, 2.05) is 38.1 Å². The molecule has 1 saturated heterocycles. The highest BCUT2D eigenvalue weighted by Gasteiger charge is 2.26. The Hall–Kier alpha value is -1.55. The van der Waals surface area contributed by atoms with Crippen LogP contribution in [0.1, 0.15) is 26.7 Å². The van der Waals surface area contributed by atoms with Crippen LogP contribution >= 0.6 is 0 Å². The molecule has 1 aliphatic rings. The van der Waals surface area contributed by atoms with Crippen molar-refractivity contribution in [1.82, 2.24) is 0 Å². The average Bonchev–Trinajstić information content (AvgIpc) is 2.33. The van der Waals surface area contributed by atoms with Crippen molar-refractivity contribution in [2.75, 3.05) is 11.4 Å². The molecule has 2 N–H and O–H groups in total. The number of piperidine rings is 1. The fourth-order valence-electron chi connectivity index (χ4n) is 2.14. The lowest BCUT2D eigenvalue weighted by Crippen LogP contribution is -2.48.